The van der Waals surface area contributed by atoms with E-state index in [9.17, 15) is 5.11 Å². The van der Waals surface area contributed by atoms with E-state index in [0.717, 1.165) is 17.9 Å². The van der Waals surface area contributed by atoms with Crippen LogP contribution >= 0.6 is 0 Å². The molecule has 0 saturated carbocycles. The molecule has 0 fully saturated rings. The Labute approximate surface area is 83.7 Å². The molecule has 0 saturated heterocycles. The lowest BCUT2D eigenvalue weighted by atomic mass is 10.1. The Morgan fingerprint density at radius 3 is 3.00 bits per heavy atom. The van der Waals surface area contributed by atoms with Crippen LogP contribution in [0.4, 0.5) is 5.69 Å². The highest BCUT2D eigenvalue weighted by atomic mass is 16.5. The van der Waals surface area contributed by atoms with Gasteiger partial charge in [-0.05, 0) is 19.1 Å². The zero-order valence-corrected chi connectivity index (χ0v) is 8.45. The fourth-order valence-corrected chi connectivity index (χ4v) is 1.86. The molecule has 1 aromatic carbocycles. The summed E-state index contributed by atoms with van der Waals surface area (Å²) in [6.07, 6.45) is 0.490. The Morgan fingerprint density at radius 1 is 1.57 bits per heavy atom. The lowest BCUT2D eigenvalue weighted by Gasteiger charge is -2.13. The number of hydrogen-bond acceptors (Lipinski definition) is 3. The molecule has 0 aromatic heterocycles. The fourth-order valence-electron chi connectivity index (χ4n) is 1.86. The van der Waals surface area contributed by atoms with Gasteiger partial charge in [-0.2, -0.15) is 0 Å². The molecule has 2 unspecified atom stereocenters. The van der Waals surface area contributed by atoms with Crippen molar-refractivity contribution in [2.45, 2.75) is 25.5 Å². The summed E-state index contributed by atoms with van der Waals surface area (Å²) in [4.78, 5) is 0. The van der Waals surface area contributed by atoms with Crippen LogP contribution in [0.1, 0.15) is 12.5 Å². The van der Waals surface area contributed by atoms with Gasteiger partial charge >= 0.3 is 0 Å². The van der Waals surface area contributed by atoms with E-state index < -0.39 is 0 Å². The summed E-state index contributed by atoms with van der Waals surface area (Å²) in [6.45, 7) is 1.80. The van der Waals surface area contributed by atoms with Crippen LogP contribution in [0.3, 0.4) is 0 Å². The topological polar surface area (TPSA) is 41.5 Å². The Morgan fingerprint density at radius 2 is 2.36 bits per heavy atom. The number of fused-ring (bicyclic) bond motifs is 1. The first-order valence-electron chi connectivity index (χ1n) is 4.83. The number of ether oxygens (including phenoxy) is 1. The van der Waals surface area contributed by atoms with E-state index in [0.29, 0.717) is 0 Å². The van der Waals surface area contributed by atoms with E-state index in [4.69, 9.17) is 4.74 Å². The number of benzene rings is 1. The standard InChI is InChI=1S/C11H15NO2/c1-7(13)10-6-8-9(12-10)4-3-5-11(8)14-2/h3-5,7,10,12-13H,6H2,1-2H3. The molecule has 0 spiro atoms. The number of hydrogen-bond donors (Lipinski definition) is 2. The number of anilines is 1. The minimum Gasteiger partial charge on any atom is -0.496 e. The molecule has 0 aliphatic carbocycles. The second-order valence-electron chi connectivity index (χ2n) is 3.68. The van der Waals surface area contributed by atoms with Gasteiger partial charge in [-0.15, -0.1) is 0 Å². The molecule has 3 nitrogen and oxygen atoms in total. The van der Waals surface area contributed by atoms with Crippen LogP contribution in [0.5, 0.6) is 5.75 Å². The van der Waals surface area contributed by atoms with Crippen molar-refractivity contribution in [3.05, 3.63) is 23.8 Å². The summed E-state index contributed by atoms with van der Waals surface area (Å²) in [6, 6.07) is 6.03. The van der Waals surface area contributed by atoms with Gasteiger partial charge in [-0.1, -0.05) is 6.07 Å². The molecule has 3 heteroatoms. The summed E-state index contributed by atoms with van der Waals surface area (Å²) >= 11 is 0. The maximum atomic E-state index is 9.48. The number of nitrogens with one attached hydrogen (secondary N) is 1. The van der Waals surface area contributed by atoms with Crippen LogP contribution in [0, 0.1) is 0 Å². The molecule has 2 N–H and O–H groups in total. The molecular formula is C11H15NO2. The van der Waals surface area contributed by atoms with Crippen molar-refractivity contribution in [1.29, 1.82) is 0 Å². The van der Waals surface area contributed by atoms with Crippen LogP contribution < -0.4 is 10.1 Å². The first kappa shape index (κ1) is 9.34. The molecule has 0 radical (unpaired) electrons. The smallest absolute Gasteiger partial charge is 0.124 e. The largest absolute Gasteiger partial charge is 0.496 e. The number of aliphatic hydroxyl groups is 1. The monoisotopic (exact) mass is 193 g/mol. The number of methoxy groups -OCH3 is 1. The molecule has 76 valence electrons. The first-order valence-corrected chi connectivity index (χ1v) is 4.83. The van der Waals surface area contributed by atoms with E-state index in [1.807, 2.05) is 18.2 Å². The number of aliphatic hydroxyl groups excluding tert-OH is 1. The van der Waals surface area contributed by atoms with Crippen LogP contribution in [-0.2, 0) is 6.42 Å². The van der Waals surface area contributed by atoms with Gasteiger partial charge in [0.15, 0.2) is 0 Å². The Balaban J connectivity index is 2.30. The minimum absolute atomic E-state index is 0.112. The minimum atomic E-state index is -0.341. The molecule has 0 bridgehead atoms. The summed E-state index contributed by atoms with van der Waals surface area (Å²) in [5.74, 6) is 0.901. The van der Waals surface area contributed by atoms with Crippen LogP contribution in [0.15, 0.2) is 18.2 Å². The van der Waals surface area contributed by atoms with Gasteiger partial charge in [0, 0.05) is 17.7 Å². The highest BCUT2D eigenvalue weighted by Crippen LogP contribution is 2.34. The van der Waals surface area contributed by atoms with Gasteiger partial charge in [-0.3, -0.25) is 0 Å². The summed E-state index contributed by atoms with van der Waals surface area (Å²) in [7, 11) is 1.67. The van der Waals surface area contributed by atoms with Crippen molar-refractivity contribution < 1.29 is 9.84 Å². The van der Waals surface area contributed by atoms with Gasteiger partial charge in [-0.25, -0.2) is 0 Å². The highest BCUT2D eigenvalue weighted by Gasteiger charge is 2.26. The van der Waals surface area contributed by atoms with Crippen molar-refractivity contribution in [2.75, 3.05) is 12.4 Å². The van der Waals surface area contributed by atoms with Gasteiger partial charge in [0.25, 0.3) is 0 Å². The van der Waals surface area contributed by atoms with Crippen molar-refractivity contribution in [1.82, 2.24) is 0 Å². The summed E-state index contributed by atoms with van der Waals surface area (Å²) < 4.78 is 5.26. The Kier molecular flexibility index (Phi) is 2.33. The predicted octanol–water partition coefficient (Wildman–Crippen LogP) is 1.41. The molecule has 2 rings (SSSR count). The third-order valence-corrected chi connectivity index (χ3v) is 2.70. The SMILES string of the molecule is COc1cccc2c1CC(C(C)O)N2. The van der Waals surface area contributed by atoms with E-state index in [1.165, 1.54) is 5.56 Å². The lowest BCUT2D eigenvalue weighted by Crippen LogP contribution is -2.28. The van der Waals surface area contributed by atoms with E-state index in [1.54, 1.807) is 14.0 Å². The summed E-state index contributed by atoms with van der Waals surface area (Å²) in [5, 5.41) is 12.8. The maximum Gasteiger partial charge on any atom is 0.124 e. The predicted molar refractivity (Wildman–Crippen MR) is 55.8 cm³/mol. The van der Waals surface area contributed by atoms with Crippen molar-refractivity contribution in [3.8, 4) is 5.75 Å². The molecule has 1 aliphatic heterocycles. The molecule has 1 aromatic rings. The normalized spacial score (nSPS) is 21.2. The van der Waals surface area contributed by atoms with Crippen molar-refractivity contribution in [2.24, 2.45) is 0 Å². The molecular weight excluding hydrogens is 178 g/mol. The lowest BCUT2D eigenvalue weighted by molar-refractivity contribution is 0.173. The van der Waals surface area contributed by atoms with Gasteiger partial charge in [0.05, 0.1) is 19.3 Å². The molecule has 1 heterocycles. The second kappa shape index (κ2) is 3.50. The molecule has 0 amide bonds. The third-order valence-electron chi connectivity index (χ3n) is 2.70. The first-order chi connectivity index (χ1) is 6.72. The Hall–Kier alpha value is -1.22. The zero-order valence-electron chi connectivity index (χ0n) is 8.45. The van der Waals surface area contributed by atoms with Gasteiger partial charge in [0.2, 0.25) is 0 Å². The zero-order chi connectivity index (χ0) is 10.1. The Bertz CT molecular complexity index is 336. The summed E-state index contributed by atoms with van der Waals surface area (Å²) in [5.41, 5.74) is 2.25. The third kappa shape index (κ3) is 1.44. The van der Waals surface area contributed by atoms with E-state index in [2.05, 4.69) is 5.32 Å². The second-order valence-corrected chi connectivity index (χ2v) is 3.68. The molecule has 2 atom stereocenters. The van der Waals surface area contributed by atoms with E-state index in [-0.39, 0.29) is 12.1 Å². The molecule has 14 heavy (non-hydrogen) atoms. The highest BCUT2D eigenvalue weighted by molar-refractivity contribution is 5.62. The fraction of sp³-hybridized carbons (Fsp3) is 0.455. The van der Waals surface area contributed by atoms with Gasteiger partial charge < -0.3 is 15.2 Å². The van der Waals surface area contributed by atoms with Crippen LogP contribution in [0.2, 0.25) is 0 Å². The van der Waals surface area contributed by atoms with Crippen LogP contribution in [0.25, 0.3) is 0 Å². The maximum absolute atomic E-state index is 9.48. The van der Waals surface area contributed by atoms with E-state index >= 15 is 0 Å². The van der Waals surface area contributed by atoms with Gasteiger partial charge in [0.1, 0.15) is 5.75 Å². The number of rotatable bonds is 2. The average Bonchev–Trinajstić information content (AvgIpc) is 2.60. The van der Waals surface area contributed by atoms with Crippen LogP contribution in [-0.4, -0.2) is 24.4 Å². The van der Waals surface area contributed by atoms with Crippen molar-refractivity contribution >= 4 is 5.69 Å². The quantitative estimate of drug-likeness (QED) is 0.746. The van der Waals surface area contributed by atoms with Crippen molar-refractivity contribution in [3.63, 3.8) is 0 Å². The average molecular weight is 193 g/mol. The molecule has 1 aliphatic rings.